The van der Waals surface area contributed by atoms with Gasteiger partial charge < -0.3 is 10.2 Å². The average Bonchev–Trinajstić information content (AvgIpc) is 2.39. The molecule has 18 heavy (non-hydrogen) atoms. The van der Waals surface area contributed by atoms with E-state index in [-0.39, 0.29) is 0 Å². The van der Waals surface area contributed by atoms with E-state index < -0.39 is 0 Å². The van der Waals surface area contributed by atoms with Crippen molar-refractivity contribution in [2.75, 3.05) is 44.7 Å². The minimum Gasteiger partial charge on any atom is -0.369 e. The Kier molecular flexibility index (Phi) is 4.87. The SMILES string of the molecule is CNCC(C)N1CCN(c2cccc(Cl)c2)CC1. The Hall–Kier alpha value is -0.770. The van der Waals surface area contributed by atoms with E-state index >= 15 is 0 Å². The maximum Gasteiger partial charge on any atom is 0.0426 e. The van der Waals surface area contributed by atoms with Gasteiger partial charge in [0, 0.05) is 49.5 Å². The first kappa shape index (κ1) is 13.7. The lowest BCUT2D eigenvalue weighted by Crippen LogP contribution is -2.51. The van der Waals surface area contributed by atoms with Crippen molar-refractivity contribution in [2.24, 2.45) is 0 Å². The van der Waals surface area contributed by atoms with Crippen molar-refractivity contribution in [3.05, 3.63) is 29.3 Å². The second-order valence-corrected chi connectivity index (χ2v) is 5.35. The van der Waals surface area contributed by atoms with Crippen LogP contribution in [-0.2, 0) is 0 Å². The van der Waals surface area contributed by atoms with Crippen molar-refractivity contribution in [2.45, 2.75) is 13.0 Å². The molecule has 0 bridgehead atoms. The Labute approximate surface area is 115 Å². The van der Waals surface area contributed by atoms with Crippen LogP contribution in [0.3, 0.4) is 0 Å². The lowest BCUT2D eigenvalue weighted by molar-refractivity contribution is 0.195. The molecule has 4 heteroatoms. The number of hydrogen-bond acceptors (Lipinski definition) is 3. The molecule has 1 aromatic rings. The van der Waals surface area contributed by atoms with Gasteiger partial charge in [0.25, 0.3) is 0 Å². The number of likely N-dealkylation sites (N-methyl/N-ethyl adjacent to an activating group) is 1. The maximum absolute atomic E-state index is 6.04. The summed E-state index contributed by atoms with van der Waals surface area (Å²) >= 11 is 6.04. The molecule has 0 saturated carbocycles. The summed E-state index contributed by atoms with van der Waals surface area (Å²) in [6.45, 7) is 7.73. The van der Waals surface area contributed by atoms with Crippen LogP contribution in [0, 0.1) is 0 Å². The van der Waals surface area contributed by atoms with Crippen LogP contribution in [0.2, 0.25) is 5.02 Å². The second-order valence-electron chi connectivity index (χ2n) is 4.91. The van der Waals surface area contributed by atoms with E-state index in [1.165, 1.54) is 5.69 Å². The van der Waals surface area contributed by atoms with Gasteiger partial charge in [-0.2, -0.15) is 0 Å². The first-order chi connectivity index (χ1) is 8.70. The molecule has 0 radical (unpaired) electrons. The highest BCUT2D eigenvalue weighted by atomic mass is 35.5. The third kappa shape index (κ3) is 3.37. The zero-order chi connectivity index (χ0) is 13.0. The Morgan fingerprint density at radius 3 is 2.61 bits per heavy atom. The van der Waals surface area contributed by atoms with Gasteiger partial charge in [-0.1, -0.05) is 17.7 Å². The molecule has 1 aromatic carbocycles. The molecule has 0 aromatic heterocycles. The van der Waals surface area contributed by atoms with Gasteiger partial charge in [0.1, 0.15) is 0 Å². The monoisotopic (exact) mass is 267 g/mol. The molecule has 0 aliphatic carbocycles. The van der Waals surface area contributed by atoms with Gasteiger partial charge in [0.15, 0.2) is 0 Å². The Balaban J connectivity index is 1.90. The Morgan fingerprint density at radius 2 is 2.00 bits per heavy atom. The minimum atomic E-state index is 0.608. The summed E-state index contributed by atoms with van der Waals surface area (Å²) in [5.41, 5.74) is 1.24. The molecule has 1 fully saturated rings. The summed E-state index contributed by atoms with van der Waals surface area (Å²) in [6.07, 6.45) is 0. The largest absolute Gasteiger partial charge is 0.369 e. The molecule has 0 amide bonds. The van der Waals surface area contributed by atoms with E-state index in [0.717, 1.165) is 37.7 Å². The standard InChI is InChI=1S/C14H22ClN3/c1-12(11-16-2)17-6-8-18(9-7-17)14-5-3-4-13(15)10-14/h3-5,10,12,16H,6-9,11H2,1-2H3. The number of rotatable bonds is 4. The van der Waals surface area contributed by atoms with Crippen LogP contribution in [0.5, 0.6) is 0 Å². The first-order valence-electron chi connectivity index (χ1n) is 6.60. The van der Waals surface area contributed by atoms with E-state index in [9.17, 15) is 0 Å². The highest BCUT2D eigenvalue weighted by Gasteiger charge is 2.20. The maximum atomic E-state index is 6.04. The molecule has 1 atom stereocenters. The van der Waals surface area contributed by atoms with Crippen LogP contribution in [0.4, 0.5) is 5.69 Å². The number of nitrogens with one attached hydrogen (secondary N) is 1. The highest BCUT2D eigenvalue weighted by Crippen LogP contribution is 2.21. The molecular formula is C14H22ClN3. The lowest BCUT2D eigenvalue weighted by atomic mass is 10.2. The smallest absolute Gasteiger partial charge is 0.0426 e. The van der Waals surface area contributed by atoms with Crippen LogP contribution < -0.4 is 10.2 Å². The molecule has 1 aliphatic heterocycles. The molecule has 2 rings (SSSR count). The molecule has 1 aliphatic rings. The zero-order valence-electron chi connectivity index (χ0n) is 11.2. The van der Waals surface area contributed by atoms with Crippen molar-refractivity contribution in [1.29, 1.82) is 0 Å². The molecule has 1 saturated heterocycles. The van der Waals surface area contributed by atoms with Crippen LogP contribution >= 0.6 is 11.6 Å². The normalized spacial score (nSPS) is 18.9. The fourth-order valence-corrected chi connectivity index (χ4v) is 2.70. The van der Waals surface area contributed by atoms with Gasteiger partial charge in [-0.3, -0.25) is 4.90 Å². The van der Waals surface area contributed by atoms with Gasteiger partial charge >= 0.3 is 0 Å². The van der Waals surface area contributed by atoms with E-state index in [1.807, 2.05) is 25.2 Å². The lowest BCUT2D eigenvalue weighted by Gasteiger charge is -2.39. The summed E-state index contributed by atoms with van der Waals surface area (Å²) in [4.78, 5) is 4.95. The highest BCUT2D eigenvalue weighted by molar-refractivity contribution is 6.30. The topological polar surface area (TPSA) is 18.5 Å². The van der Waals surface area contributed by atoms with E-state index in [1.54, 1.807) is 0 Å². The molecular weight excluding hydrogens is 246 g/mol. The van der Waals surface area contributed by atoms with E-state index in [0.29, 0.717) is 6.04 Å². The fourth-order valence-electron chi connectivity index (χ4n) is 2.52. The third-order valence-corrected chi connectivity index (χ3v) is 3.85. The molecule has 0 spiro atoms. The second kappa shape index (κ2) is 6.41. The van der Waals surface area contributed by atoms with E-state index in [2.05, 4.69) is 28.1 Å². The summed E-state index contributed by atoms with van der Waals surface area (Å²) in [5.74, 6) is 0. The first-order valence-corrected chi connectivity index (χ1v) is 6.97. The molecule has 1 N–H and O–H groups in total. The molecule has 100 valence electrons. The molecule has 1 unspecified atom stereocenters. The van der Waals surface area contributed by atoms with Crippen molar-refractivity contribution >= 4 is 17.3 Å². The average molecular weight is 268 g/mol. The molecule has 3 nitrogen and oxygen atoms in total. The number of nitrogens with zero attached hydrogens (tertiary/aromatic N) is 2. The quantitative estimate of drug-likeness (QED) is 0.901. The van der Waals surface area contributed by atoms with Crippen molar-refractivity contribution in [3.8, 4) is 0 Å². The predicted octanol–water partition coefficient (Wildman–Crippen LogP) is 2.07. The summed E-state index contributed by atoms with van der Waals surface area (Å²) < 4.78 is 0. The predicted molar refractivity (Wildman–Crippen MR) is 78.6 cm³/mol. The Bertz CT molecular complexity index is 375. The number of hydrogen-bond donors (Lipinski definition) is 1. The number of benzene rings is 1. The van der Waals surface area contributed by atoms with Gasteiger partial charge in [-0.05, 0) is 32.2 Å². The van der Waals surface area contributed by atoms with Crippen LogP contribution in [-0.4, -0.2) is 50.7 Å². The summed E-state index contributed by atoms with van der Waals surface area (Å²) in [6, 6.07) is 8.74. The van der Waals surface area contributed by atoms with Crippen molar-refractivity contribution in [1.82, 2.24) is 10.2 Å². The Morgan fingerprint density at radius 1 is 1.28 bits per heavy atom. The van der Waals surface area contributed by atoms with Gasteiger partial charge in [-0.25, -0.2) is 0 Å². The molecule has 1 heterocycles. The van der Waals surface area contributed by atoms with Gasteiger partial charge in [0.2, 0.25) is 0 Å². The summed E-state index contributed by atoms with van der Waals surface area (Å²) in [7, 11) is 2.01. The number of anilines is 1. The van der Waals surface area contributed by atoms with Gasteiger partial charge in [0.05, 0.1) is 0 Å². The number of piperazine rings is 1. The summed E-state index contributed by atoms with van der Waals surface area (Å²) in [5, 5.41) is 4.06. The fraction of sp³-hybridized carbons (Fsp3) is 0.571. The van der Waals surface area contributed by atoms with Gasteiger partial charge in [-0.15, -0.1) is 0 Å². The zero-order valence-corrected chi connectivity index (χ0v) is 12.0. The van der Waals surface area contributed by atoms with Crippen LogP contribution in [0.15, 0.2) is 24.3 Å². The third-order valence-electron chi connectivity index (χ3n) is 3.61. The van der Waals surface area contributed by atoms with E-state index in [4.69, 9.17) is 11.6 Å². The van der Waals surface area contributed by atoms with Crippen molar-refractivity contribution in [3.63, 3.8) is 0 Å². The minimum absolute atomic E-state index is 0.608. The number of halogens is 1. The van der Waals surface area contributed by atoms with Crippen molar-refractivity contribution < 1.29 is 0 Å². The van der Waals surface area contributed by atoms with Crippen LogP contribution in [0.1, 0.15) is 6.92 Å². The van der Waals surface area contributed by atoms with Crippen LogP contribution in [0.25, 0.3) is 0 Å².